The Bertz CT molecular complexity index is 338. The standard InChI is InChI=1S/C8H14N2O2Si/c1-10-5-6(8(11)12)7(9-10)13(2,3)4/h5H,1-4H3,(H,11,12). The first-order chi connectivity index (χ1) is 5.82. The second-order valence-corrected chi connectivity index (χ2v) is 9.09. The Hall–Kier alpha value is -1.10. The third-order valence-corrected chi connectivity index (χ3v) is 3.56. The van der Waals surface area contributed by atoms with Crippen LogP contribution in [0.4, 0.5) is 0 Å². The number of rotatable bonds is 2. The molecule has 0 aliphatic rings. The minimum atomic E-state index is -1.63. The molecule has 1 N–H and O–H groups in total. The van der Waals surface area contributed by atoms with Crippen molar-refractivity contribution in [3.05, 3.63) is 11.8 Å². The van der Waals surface area contributed by atoms with Crippen LogP contribution in [-0.2, 0) is 7.05 Å². The van der Waals surface area contributed by atoms with Gasteiger partial charge < -0.3 is 5.11 Å². The summed E-state index contributed by atoms with van der Waals surface area (Å²) in [6, 6.07) is 0. The fourth-order valence-corrected chi connectivity index (χ4v) is 2.64. The van der Waals surface area contributed by atoms with Crippen molar-refractivity contribution in [2.45, 2.75) is 19.6 Å². The van der Waals surface area contributed by atoms with Crippen LogP contribution in [0.25, 0.3) is 0 Å². The van der Waals surface area contributed by atoms with E-state index in [-0.39, 0.29) is 0 Å². The Balaban J connectivity index is 3.28. The molecule has 1 rings (SSSR count). The fraction of sp³-hybridized carbons (Fsp3) is 0.500. The molecule has 0 saturated carbocycles. The summed E-state index contributed by atoms with van der Waals surface area (Å²) in [5, 5.41) is 13.9. The Morgan fingerprint density at radius 3 is 2.38 bits per heavy atom. The maximum absolute atomic E-state index is 10.9. The summed E-state index contributed by atoms with van der Waals surface area (Å²) in [5.41, 5.74) is 0.349. The molecule has 72 valence electrons. The maximum Gasteiger partial charge on any atom is 0.338 e. The van der Waals surface area contributed by atoms with Crippen LogP contribution in [-0.4, -0.2) is 28.9 Å². The lowest BCUT2D eigenvalue weighted by Crippen LogP contribution is -2.42. The SMILES string of the molecule is Cn1cc(C(=O)O)c([Si](C)(C)C)n1. The van der Waals surface area contributed by atoms with Crippen LogP contribution < -0.4 is 5.32 Å². The van der Waals surface area contributed by atoms with Gasteiger partial charge in [0.25, 0.3) is 0 Å². The van der Waals surface area contributed by atoms with Crippen molar-refractivity contribution >= 4 is 19.4 Å². The molecular weight excluding hydrogens is 184 g/mol. The molecule has 0 fully saturated rings. The van der Waals surface area contributed by atoms with Crippen molar-refractivity contribution in [1.82, 2.24) is 9.78 Å². The lowest BCUT2D eigenvalue weighted by atomic mass is 10.4. The molecule has 0 aromatic carbocycles. The first-order valence-corrected chi connectivity index (χ1v) is 7.60. The van der Waals surface area contributed by atoms with Gasteiger partial charge in [-0.2, -0.15) is 5.10 Å². The van der Waals surface area contributed by atoms with Gasteiger partial charge in [0.05, 0.1) is 10.9 Å². The van der Waals surface area contributed by atoms with Crippen molar-refractivity contribution in [2.24, 2.45) is 7.05 Å². The molecule has 0 spiro atoms. The van der Waals surface area contributed by atoms with Crippen molar-refractivity contribution in [3.8, 4) is 0 Å². The molecule has 0 unspecified atom stereocenters. The van der Waals surface area contributed by atoms with E-state index in [4.69, 9.17) is 5.11 Å². The monoisotopic (exact) mass is 198 g/mol. The molecule has 1 heterocycles. The fourth-order valence-electron chi connectivity index (χ4n) is 1.20. The van der Waals surface area contributed by atoms with Gasteiger partial charge in [0.15, 0.2) is 0 Å². The third kappa shape index (κ3) is 1.98. The summed E-state index contributed by atoms with van der Waals surface area (Å²) in [7, 11) is 0.114. The van der Waals surface area contributed by atoms with E-state index in [1.807, 2.05) is 0 Å². The quantitative estimate of drug-likeness (QED) is 0.710. The van der Waals surface area contributed by atoms with Gasteiger partial charge in [0.2, 0.25) is 0 Å². The minimum Gasteiger partial charge on any atom is -0.478 e. The molecule has 5 heteroatoms. The lowest BCUT2D eigenvalue weighted by Gasteiger charge is -2.12. The predicted octanol–water partition coefficient (Wildman–Crippen LogP) is 0.663. The summed E-state index contributed by atoms with van der Waals surface area (Å²) in [6.07, 6.45) is 1.57. The molecule has 13 heavy (non-hydrogen) atoms. The van der Waals surface area contributed by atoms with Crippen molar-refractivity contribution in [2.75, 3.05) is 0 Å². The van der Waals surface area contributed by atoms with Gasteiger partial charge in [-0.05, 0) is 0 Å². The number of hydrogen-bond acceptors (Lipinski definition) is 2. The zero-order valence-electron chi connectivity index (χ0n) is 8.33. The van der Waals surface area contributed by atoms with E-state index in [1.54, 1.807) is 17.9 Å². The van der Waals surface area contributed by atoms with Gasteiger partial charge in [-0.15, -0.1) is 0 Å². The predicted molar refractivity (Wildman–Crippen MR) is 53.1 cm³/mol. The summed E-state index contributed by atoms with van der Waals surface area (Å²) >= 11 is 0. The van der Waals surface area contributed by atoms with E-state index in [9.17, 15) is 4.79 Å². The summed E-state index contributed by atoms with van der Waals surface area (Å²) in [5.74, 6) is -0.884. The average molecular weight is 198 g/mol. The van der Waals surface area contributed by atoms with E-state index in [2.05, 4.69) is 24.7 Å². The van der Waals surface area contributed by atoms with Crippen LogP contribution in [0.1, 0.15) is 10.4 Å². The zero-order valence-corrected chi connectivity index (χ0v) is 9.33. The number of nitrogens with zero attached hydrogens (tertiary/aromatic N) is 2. The molecule has 0 saturated heterocycles. The Kier molecular flexibility index (Phi) is 2.29. The van der Waals surface area contributed by atoms with E-state index in [0.717, 1.165) is 5.32 Å². The number of aryl methyl sites for hydroxylation is 1. The third-order valence-electron chi connectivity index (χ3n) is 1.77. The summed E-state index contributed by atoms with van der Waals surface area (Å²) in [4.78, 5) is 10.9. The van der Waals surface area contributed by atoms with E-state index in [1.165, 1.54) is 0 Å². The maximum atomic E-state index is 10.9. The molecular formula is C8H14N2O2Si. The number of aromatic nitrogens is 2. The number of aromatic carboxylic acids is 1. The Morgan fingerprint density at radius 1 is 1.54 bits per heavy atom. The van der Waals surface area contributed by atoms with Crippen molar-refractivity contribution in [3.63, 3.8) is 0 Å². The van der Waals surface area contributed by atoms with Gasteiger partial charge in [0.1, 0.15) is 8.07 Å². The van der Waals surface area contributed by atoms with Gasteiger partial charge in [-0.25, -0.2) is 4.79 Å². The summed E-state index contributed by atoms with van der Waals surface area (Å²) in [6.45, 7) is 6.26. The topological polar surface area (TPSA) is 55.1 Å². The Labute approximate surface area is 78.2 Å². The van der Waals surface area contributed by atoms with E-state index >= 15 is 0 Å². The highest BCUT2D eigenvalue weighted by molar-refractivity contribution is 6.88. The molecule has 1 aromatic heterocycles. The van der Waals surface area contributed by atoms with Gasteiger partial charge in [-0.1, -0.05) is 19.6 Å². The van der Waals surface area contributed by atoms with Gasteiger partial charge in [-0.3, -0.25) is 4.68 Å². The van der Waals surface area contributed by atoms with Gasteiger partial charge in [0, 0.05) is 13.2 Å². The molecule has 4 nitrogen and oxygen atoms in total. The number of carbonyl (C=O) groups is 1. The molecule has 0 radical (unpaired) electrons. The highest BCUT2D eigenvalue weighted by Crippen LogP contribution is 2.05. The van der Waals surface area contributed by atoms with Crippen LogP contribution in [0.5, 0.6) is 0 Å². The molecule has 0 atom stereocenters. The highest BCUT2D eigenvalue weighted by atomic mass is 28.3. The van der Waals surface area contributed by atoms with Crippen LogP contribution in [0.3, 0.4) is 0 Å². The summed E-state index contributed by atoms with van der Waals surface area (Å²) < 4.78 is 1.57. The number of carboxylic acids is 1. The smallest absolute Gasteiger partial charge is 0.338 e. The molecule has 0 aliphatic heterocycles. The number of hydrogen-bond donors (Lipinski definition) is 1. The first-order valence-electron chi connectivity index (χ1n) is 4.10. The normalized spacial score (nSPS) is 11.7. The van der Waals surface area contributed by atoms with Crippen LogP contribution in [0.15, 0.2) is 6.20 Å². The van der Waals surface area contributed by atoms with E-state index in [0.29, 0.717) is 5.56 Å². The Morgan fingerprint density at radius 2 is 2.08 bits per heavy atom. The average Bonchev–Trinajstić information content (AvgIpc) is 2.29. The highest BCUT2D eigenvalue weighted by Gasteiger charge is 2.26. The van der Waals surface area contributed by atoms with Gasteiger partial charge >= 0.3 is 5.97 Å². The second-order valence-electron chi connectivity index (χ2n) is 4.12. The van der Waals surface area contributed by atoms with Crippen molar-refractivity contribution in [1.29, 1.82) is 0 Å². The second kappa shape index (κ2) is 2.99. The minimum absolute atomic E-state index is 0.349. The van der Waals surface area contributed by atoms with E-state index < -0.39 is 14.0 Å². The largest absolute Gasteiger partial charge is 0.478 e. The molecule has 0 amide bonds. The molecule has 1 aromatic rings. The van der Waals surface area contributed by atoms with Crippen molar-refractivity contribution < 1.29 is 9.90 Å². The first kappa shape index (κ1) is 9.98. The zero-order chi connectivity index (χ0) is 10.2. The molecule has 0 bridgehead atoms. The molecule has 0 aliphatic carbocycles. The van der Waals surface area contributed by atoms with Crippen LogP contribution >= 0.6 is 0 Å². The lowest BCUT2D eigenvalue weighted by molar-refractivity contribution is 0.0698. The number of carboxylic acid groups (broad SMARTS) is 1. The van der Waals surface area contributed by atoms with Crippen LogP contribution in [0.2, 0.25) is 19.6 Å². The van der Waals surface area contributed by atoms with Crippen LogP contribution in [0, 0.1) is 0 Å².